The van der Waals surface area contributed by atoms with E-state index in [0.29, 0.717) is 28.5 Å². The third-order valence-electron chi connectivity index (χ3n) is 4.49. The normalized spacial score (nSPS) is 10.9. The van der Waals surface area contributed by atoms with Gasteiger partial charge in [-0.25, -0.2) is 9.82 Å². The minimum atomic E-state index is -0.356. The van der Waals surface area contributed by atoms with Gasteiger partial charge in [0.2, 0.25) is 5.88 Å². The molecule has 1 heterocycles. The number of halogens is 1. The van der Waals surface area contributed by atoms with Crippen LogP contribution in [0.2, 0.25) is 0 Å². The Morgan fingerprint density at radius 3 is 2.32 bits per heavy atom. The van der Waals surface area contributed by atoms with Crippen molar-refractivity contribution < 1.29 is 13.9 Å². The zero-order chi connectivity index (χ0) is 21.6. The summed E-state index contributed by atoms with van der Waals surface area (Å²) in [6.45, 7) is 1.82. The van der Waals surface area contributed by atoms with Crippen LogP contribution in [0.1, 0.15) is 21.6 Å². The van der Waals surface area contributed by atoms with Crippen molar-refractivity contribution in [3.63, 3.8) is 0 Å². The number of hydrogen-bond donors (Lipinski definition) is 1. The molecule has 31 heavy (non-hydrogen) atoms. The second-order valence-corrected chi connectivity index (χ2v) is 6.67. The van der Waals surface area contributed by atoms with Gasteiger partial charge in [0.05, 0.1) is 23.2 Å². The number of hydrogen-bond acceptors (Lipinski definition) is 4. The van der Waals surface area contributed by atoms with E-state index >= 15 is 0 Å². The average molecular weight is 414 g/mol. The first-order valence-electron chi connectivity index (χ1n) is 9.59. The van der Waals surface area contributed by atoms with Crippen molar-refractivity contribution in [1.82, 2.24) is 15.2 Å². The van der Waals surface area contributed by atoms with E-state index in [1.807, 2.05) is 43.3 Å². The van der Waals surface area contributed by atoms with Crippen LogP contribution in [0.25, 0.3) is 5.69 Å². The van der Waals surface area contributed by atoms with Crippen molar-refractivity contribution in [2.75, 3.05) is 0 Å². The van der Waals surface area contributed by atoms with Crippen LogP contribution >= 0.6 is 0 Å². The number of ether oxygens (including phenoxy) is 1. The number of carbonyl (C=O) groups excluding carboxylic acids is 1. The Balaban J connectivity index is 1.66. The van der Waals surface area contributed by atoms with E-state index < -0.39 is 0 Å². The highest BCUT2D eigenvalue weighted by molar-refractivity contribution is 5.95. The summed E-state index contributed by atoms with van der Waals surface area (Å²) >= 11 is 0. The van der Waals surface area contributed by atoms with Gasteiger partial charge in [-0.15, -0.1) is 0 Å². The Hall–Kier alpha value is -4.26. The summed E-state index contributed by atoms with van der Waals surface area (Å²) in [5.41, 5.74) is 5.03. The zero-order valence-electron chi connectivity index (χ0n) is 16.7. The van der Waals surface area contributed by atoms with Crippen molar-refractivity contribution >= 4 is 12.1 Å². The first kappa shape index (κ1) is 20.0. The van der Waals surface area contributed by atoms with Crippen LogP contribution in [0.5, 0.6) is 11.6 Å². The summed E-state index contributed by atoms with van der Waals surface area (Å²) in [6, 6.07) is 24.0. The van der Waals surface area contributed by atoms with Crippen LogP contribution < -0.4 is 10.2 Å². The van der Waals surface area contributed by atoms with Crippen LogP contribution in [0.4, 0.5) is 4.39 Å². The van der Waals surface area contributed by atoms with Gasteiger partial charge in [0, 0.05) is 5.56 Å². The maximum Gasteiger partial charge on any atom is 0.271 e. The summed E-state index contributed by atoms with van der Waals surface area (Å²) in [5.74, 6) is 0.158. The maximum absolute atomic E-state index is 13.3. The largest absolute Gasteiger partial charge is 0.438 e. The predicted octanol–water partition coefficient (Wildman–Crippen LogP) is 4.88. The van der Waals surface area contributed by atoms with Gasteiger partial charge in [-0.05, 0) is 55.5 Å². The third-order valence-corrected chi connectivity index (χ3v) is 4.49. The van der Waals surface area contributed by atoms with Crippen LogP contribution in [-0.2, 0) is 0 Å². The second-order valence-electron chi connectivity index (χ2n) is 6.67. The number of nitrogens with one attached hydrogen (secondary N) is 1. The number of para-hydroxylation sites is 1. The van der Waals surface area contributed by atoms with Gasteiger partial charge in [0.25, 0.3) is 5.91 Å². The van der Waals surface area contributed by atoms with Crippen molar-refractivity contribution in [1.29, 1.82) is 0 Å². The molecule has 1 amide bonds. The van der Waals surface area contributed by atoms with E-state index in [1.165, 1.54) is 30.5 Å². The monoisotopic (exact) mass is 414 g/mol. The molecule has 4 rings (SSSR count). The highest BCUT2D eigenvalue weighted by atomic mass is 19.1. The van der Waals surface area contributed by atoms with Crippen LogP contribution in [0.3, 0.4) is 0 Å². The molecule has 0 bridgehead atoms. The number of rotatable bonds is 6. The summed E-state index contributed by atoms with van der Waals surface area (Å²) in [5, 5.41) is 8.65. The van der Waals surface area contributed by atoms with Crippen molar-refractivity contribution in [3.05, 3.63) is 108 Å². The molecule has 1 N–H and O–H groups in total. The molecule has 0 radical (unpaired) electrons. The summed E-state index contributed by atoms with van der Waals surface area (Å²) in [7, 11) is 0. The Kier molecular flexibility index (Phi) is 5.84. The van der Waals surface area contributed by atoms with E-state index in [1.54, 1.807) is 28.9 Å². The molecule has 0 unspecified atom stereocenters. The van der Waals surface area contributed by atoms with Gasteiger partial charge in [0.1, 0.15) is 11.6 Å². The Bertz CT molecular complexity index is 1200. The molecular weight excluding hydrogens is 395 g/mol. The van der Waals surface area contributed by atoms with Gasteiger partial charge in [-0.3, -0.25) is 4.79 Å². The number of benzene rings is 3. The SMILES string of the molecule is Cc1nn(-c2ccccc2)c(Oc2ccc(F)cc2)c1/C=N\NC(=O)c1ccccc1. The topological polar surface area (TPSA) is 68.5 Å². The van der Waals surface area contributed by atoms with Gasteiger partial charge >= 0.3 is 0 Å². The number of carbonyl (C=O) groups is 1. The quantitative estimate of drug-likeness (QED) is 0.361. The molecule has 154 valence electrons. The summed E-state index contributed by atoms with van der Waals surface area (Å²) in [4.78, 5) is 12.2. The molecule has 0 aliphatic carbocycles. The minimum Gasteiger partial charge on any atom is -0.438 e. The third kappa shape index (κ3) is 4.67. The maximum atomic E-state index is 13.3. The molecule has 4 aromatic rings. The molecule has 3 aromatic carbocycles. The number of nitrogens with zero attached hydrogens (tertiary/aromatic N) is 3. The molecule has 0 fully saturated rings. The summed E-state index contributed by atoms with van der Waals surface area (Å²) < 4.78 is 21.0. The Morgan fingerprint density at radius 2 is 1.65 bits per heavy atom. The number of amides is 1. The predicted molar refractivity (Wildman–Crippen MR) is 116 cm³/mol. The van der Waals surface area contributed by atoms with Crippen molar-refractivity contribution in [2.45, 2.75) is 6.92 Å². The highest BCUT2D eigenvalue weighted by Crippen LogP contribution is 2.29. The fourth-order valence-corrected chi connectivity index (χ4v) is 2.93. The zero-order valence-corrected chi connectivity index (χ0v) is 16.7. The molecule has 0 saturated heterocycles. The van der Waals surface area contributed by atoms with Crippen molar-refractivity contribution in [3.8, 4) is 17.3 Å². The lowest BCUT2D eigenvalue weighted by Crippen LogP contribution is -2.17. The standard InChI is InChI=1S/C24H19FN4O2/c1-17-22(16-26-27-23(30)18-8-4-2-5-9-18)24(31-21-14-12-19(25)13-15-21)29(28-17)20-10-6-3-7-11-20/h2-16H,1H3,(H,27,30)/b26-16-. The number of aryl methyl sites for hydroxylation is 1. The molecule has 0 spiro atoms. The van der Waals surface area contributed by atoms with Gasteiger partial charge in [-0.1, -0.05) is 36.4 Å². The Morgan fingerprint density at radius 1 is 1.00 bits per heavy atom. The van der Waals surface area contributed by atoms with E-state index in [2.05, 4.69) is 15.6 Å². The Labute approximate surface area is 178 Å². The fourth-order valence-electron chi connectivity index (χ4n) is 2.93. The van der Waals surface area contributed by atoms with Gasteiger partial charge in [0.15, 0.2) is 0 Å². The second kappa shape index (κ2) is 9.04. The first-order chi connectivity index (χ1) is 15.1. The number of aromatic nitrogens is 2. The van der Waals surface area contributed by atoms with E-state index in [4.69, 9.17) is 4.74 Å². The molecule has 7 heteroatoms. The van der Waals surface area contributed by atoms with E-state index in [0.717, 1.165) is 5.69 Å². The number of hydrazone groups is 1. The molecule has 1 aromatic heterocycles. The molecule has 0 aliphatic heterocycles. The lowest BCUT2D eigenvalue weighted by molar-refractivity contribution is 0.0955. The summed E-state index contributed by atoms with van der Waals surface area (Å²) in [6.07, 6.45) is 1.49. The molecule has 0 atom stereocenters. The van der Waals surface area contributed by atoms with E-state index in [9.17, 15) is 9.18 Å². The lowest BCUT2D eigenvalue weighted by Gasteiger charge is -2.10. The van der Waals surface area contributed by atoms with Crippen LogP contribution in [-0.4, -0.2) is 21.9 Å². The van der Waals surface area contributed by atoms with Crippen molar-refractivity contribution in [2.24, 2.45) is 5.10 Å². The molecule has 0 saturated carbocycles. The average Bonchev–Trinajstić information content (AvgIpc) is 3.11. The van der Waals surface area contributed by atoms with Crippen LogP contribution in [0, 0.1) is 12.7 Å². The first-order valence-corrected chi connectivity index (χ1v) is 9.59. The molecular formula is C24H19FN4O2. The van der Waals surface area contributed by atoms with Gasteiger partial charge < -0.3 is 4.74 Å². The highest BCUT2D eigenvalue weighted by Gasteiger charge is 2.18. The minimum absolute atomic E-state index is 0.328. The van der Waals surface area contributed by atoms with E-state index in [-0.39, 0.29) is 11.7 Å². The lowest BCUT2D eigenvalue weighted by atomic mass is 10.2. The molecule has 0 aliphatic rings. The smallest absolute Gasteiger partial charge is 0.271 e. The van der Waals surface area contributed by atoms with Gasteiger partial charge in [-0.2, -0.15) is 14.9 Å². The molecule has 6 nitrogen and oxygen atoms in total. The van der Waals surface area contributed by atoms with Crippen LogP contribution in [0.15, 0.2) is 90.0 Å². The fraction of sp³-hybridized carbons (Fsp3) is 0.0417.